The third kappa shape index (κ3) is 4.81. The van der Waals surface area contributed by atoms with Gasteiger partial charge in [-0.1, -0.05) is 72.8 Å². The number of hydrogen-bond acceptors (Lipinski definition) is 10. The molecule has 0 saturated carbocycles. The summed E-state index contributed by atoms with van der Waals surface area (Å²) in [4.78, 5) is 66.8. The van der Waals surface area contributed by atoms with E-state index in [-0.39, 0.29) is 57.4 Å². The molecular weight excluding hydrogens is 662 g/mol. The minimum absolute atomic E-state index is 0.0415. The first-order valence-electron chi connectivity index (χ1n) is 16.2. The second-order valence-electron chi connectivity index (χ2n) is 12.3. The molecule has 0 radical (unpaired) electrons. The molecule has 3 aliphatic rings. The number of hydrogen-bond donors (Lipinski definition) is 1. The van der Waals surface area contributed by atoms with Gasteiger partial charge < -0.3 is 18.4 Å². The van der Waals surface area contributed by atoms with Gasteiger partial charge in [-0.3, -0.25) is 24.0 Å². The first-order chi connectivity index (χ1) is 25.3. The predicted molar refractivity (Wildman–Crippen MR) is 188 cm³/mol. The van der Waals surface area contributed by atoms with E-state index in [9.17, 15) is 29.1 Å². The van der Waals surface area contributed by atoms with Crippen LogP contribution in [0.3, 0.4) is 0 Å². The van der Waals surface area contributed by atoms with Crippen molar-refractivity contribution in [1.82, 2.24) is 0 Å². The molecule has 1 N–H and O–H groups in total. The van der Waals surface area contributed by atoms with Crippen LogP contribution in [0.5, 0.6) is 0 Å². The Hall–Kier alpha value is -7.17. The summed E-state index contributed by atoms with van der Waals surface area (Å²) in [5.74, 6) is -0.818. The van der Waals surface area contributed by atoms with Crippen molar-refractivity contribution in [2.45, 2.75) is 6.10 Å². The molecule has 52 heavy (non-hydrogen) atoms. The fraction of sp³-hybridized carbons (Fsp3) is 0.0238. The van der Waals surface area contributed by atoms with Crippen molar-refractivity contribution >= 4 is 64.8 Å². The molecule has 3 aromatic heterocycles. The smallest absolute Gasteiger partial charge is 0.209 e. The van der Waals surface area contributed by atoms with Crippen LogP contribution in [-0.2, 0) is 0 Å². The number of benzene rings is 3. The number of furan rings is 3. The summed E-state index contributed by atoms with van der Waals surface area (Å²) >= 11 is 0. The van der Waals surface area contributed by atoms with E-state index >= 15 is 0 Å². The van der Waals surface area contributed by atoms with Gasteiger partial charge in [-0.2, -0.15) is 0 Å². The lowest BCUT2D eigenvalue weighted by Gasteiger charge is -2.16. The van der Waals surface area contributed by atoms with Gasteiger partial charge in [0.25, 0.3) is 0 Å². The number of carbonyl (C=O) groups is 5. The van der Waals surface area contributed by atoms with Crippen LogP contribution in [0.4, 0.5) is 17.7 Å². The summed E-state index contributed by atoms with van der Waals surface area (Å²) in [6.45, 7) is 0. The number of allylic oxidation sites excluding steroid dienone is 2. The molecule has 6 aromatic rings. The van der Waals surface area contributed by atoms with Crippen molar-refractivity contribution in [3.05, 3.63) is 177 Å². The summed E-state index contributed by atoms with van der Waals surface area (Å²) in [7, 11) is 0. The highest BCUT2D eigenvalue weighted by Crippen LogP contribution is 2.41. The molecule has 1 atom stereocenters. The first kappa shape index (κ1) is 30.9. The number of aliphatic hydroxyl groups excluding tert-OH is 1. The number of Topliss-reactive ketones (excluding diaryl/α,β-unsaturated/α-hetero) is 5. The fourth-order valence-electron chi connectivity index (χ4n) is 6.72. The molecule has 10 nitrogen and oxygen atoms in total. The minimum atomic E-state index is -1.13. The third-order valence-corrected chi connectivity index (χ3v) is 9.24. The second kappa shape index (κ2) is 11.7. The Morgan fingerprint density at radius 1 is 0.442 bits per heavy atom. The first-order valence-corrected chi connectivity index (χ1v) is 16.2. The van der Waals surface area contributed by atoms with Crippen LogP contribution in [0.15, 0.2) is 139 Å². The number of rotatable bonds is 6. The number of anilines is 3. The average molecular weight is 686 g/mol. The van der Waals surface area contributed by atoms with Crippen LogP contribution in [0.25, 0.3) is 18.2 Å². The Morgan fingerprint density at radius 2 is 0.808 bits per heavy atom. The van der Waals surface area contributed by atoms with Crippen molar-refractivity contribution in [2.75, 3.05) is 4.90 Å². The summed E-state index contributed by atoms with van der Waals surface area (Å²) in [5, 5.41) is 10.9. The van der Waals surface area contributed by atoms with E-state index in [0.29, 0.717) is 33.4 Å². The zero-order valence-electron chi connectivity index (χ0n) is 26.9. The zero-order chi connectivity index (χ0) is 35.7. The van der Waals surface area contributed by atoms with E-state index in [4.69, 9.17) is 13.3 Å². The molecule has 1 unspecified atom stereocenters. The van der Waals surface area contributed by atoms with Crippen LogP contribution < -0.4 is 4.90 Å². The van der Waals surface area contributed by atoms with Gasteiger partial charge in [0.1, 0.15) is 23.4 Å². The topological polar surface area (TPSA) is 148 Å². The summed E-state index contributed by atoms with van der Waals surface area (Å²) in [6, 6.07) is 29.5. The van der Waals surface area contributed by atoms with Crippen molar-refractivity contribution in [3.63, 3.8) is 0 Å². The number of carbonyl (C=O) groups excluding carboxylic acids is 5. The van der Waals surface area contributed by atoms with E-state index in [0.717, 1.165) is 0 Å². The number of aliphatic hydroxyl groups is 1. The number of fused-ring (bicyclic) bond motifs is 3. The van der Waals surface area contributed by atoms with Crippen molar-refractivity contribution in [2.24, 2.45) is 0 Å². The second-order valence-corrected chi connectivity index (χ2v) is 12.3. The molecule has 0 saturated heterocycles. The van der Waals surface area contributed by atoms with Crippen LogP contribution >= 0.6 is 0 Å². The minimum Gasteiger partial charge on any atom is -0.440 e. The van der Waals surface area contributed by atoms with Crippen LogP contribution in [-0.4, -0.2) is 34.0 Å². The van der Waals surface area contributed by atoms with Gasteiger partial charge in [-0.05, 0) is 42.0 Å². The maximum absolute atomic E-state index is 13.1. The van der Waals surface area contributed by atoms with Gasteiger partial charge in [0.2, 0.25) is 17.7 Å². The Balaban J connectivity index is 1.09. The van der Waals surface area contributed by atoms with Crippen molar-refractivity contribution < 1.29 is 42.3 Å². The van der Waals surface area contributed by atoms with Gasteiger partial charge >= 0.3 is 0 Å². The van der Waals surface area contributed by atoms with Crippen LogP contribution in [0.1, 0.15) is 80.7 Å². The lowest BCUT2D eigenvalue weighted by molar-refractivity contribution is 0.0974. The Labute approximate surface area is 294 Å². The number of nitrogens with zero attached hydrogens (tertiary/aromatic N) is 1. The molecule has 0 bridgehead atoms. The lowest BCUT2D eigenvalue weighted by atomic mass is 10.1. The zero-order valence-corrected chi connectivity index (χ0v) is 26.9. The van der Waals surface area contributed by atoms with Gasteiger partial charge in [-0.15, -0.1) is 0 Å². The molecule has 0 aliphatic heterocycles. The molecule has 3 aliphatic carbocycles. The van der Waals surface area contributed by atoms with E-state index in [1.807, 2.05) is 0 Å². The molecular formula is C42H23NO9. The van der Waals surface area contributed by atoms with Gasteiger partial charge in [-0.25, -0.2) is 4.90 Å². The molecule has 0 spiro atoms. The molecule has 0 fully saturated rings. The fourth-order valence-corrected chi connectivity index (χ4v) is 6.72. The van der Waals surface area contributed by atoms with Gasteiger partial charge in [0, 0.05) is 51.6 Å². The quantitative estimate of drug-likeness (QED) is 0.134. The Morgan fingerprint density at radius 3 is 1.21 bits per heavy atom. The molecule has 3 heterocycles. The maximum atomic E-state index is 13.1. The van der Waals surface area contributed by atoms with Gasteiger partial charge in [0.05, 0.1) is 11.1 Å². The van der Waals surface area contributed by atoms with Crippen LogP contribution in [0.2, 0.25) is 0 Å². The molecule has 0 amide bonds. The van der Waals surface area contributed by atoms with E-state index in [2.05, 4.69) is 0 Å². The highest BCUT2D eigenvalue weighted by Gasteiger charge is 2.35. The Kier molecular flexibility index (Phi) is 6.95. The predicted octanol–water partition coefficient (Wildman–Crippen LogP) is 8.17. The maximum Gasteiger partial charge on any atom is 0.209 e. The molecule has 3 aromatic carbocycles. The highest BCUT2D eigenvalue weighted by atomic mass is 16.4. The van der Waals surface area contributed by atoms with E-state index < -0.39 is 29.2 Å². The lowest BCUT2D eigenvalue weighted by Crippen LogP contribution is -2.07. The van der Waals surface area contributed by atoms with Crippen LogP contribution in [0, 0.1) is 0 Å². The normalized spacial score (nSPS) is 16.9. The highest BCUT2D eigenvalue weighted by molar-refractivity contribution is 6.42. The van der Waals surface area contributed by atoms with E-state index in [1.54, 1.807) is 109 Å². The van der Waals surface area contributed by atoms with Crippen molar-refractivity contribution in [1.29, 1.82) is 0 Å². The monoisotopic (exact) mass is 685 g/mol. The van der Waals surface area contributed by atoms with Gasteiger partial charge in [0.15, 0.2) is 28.9 Å². The summed E-state index contributed by atoms with van der Waals surface area (Å²) in [5.41, 5.74) is 2.25. The molecule has 250 valence electrons. The largest absolute Gasteiger partial charge is 0.440 e. The summed E-state index contributed by atoms with van der Waals surface area (Å²) < 4.78 is 18.5. The average Bonchev–Trinajstić information content (AvgIpc) is 4.03. The molecule has 10 heteroatoms. The SMILES string of the molecule is O=C1C(=Cc2ccc(N(c3ccc(C=C4C(=O)c5ccccc5C4=O)o3)c3ccc(/C=C4/C(=O)c5ccccc5C4O)o3)o2)C(=O)c2ccccc21. The number of ketones is 5. The standard InChI is InChI=1S/C42H23NO9/c44-37-25-7-1-2-8-26(25)38(45)31(37)19-22-13-16-34(50-22)43(35-17-14-23(51-35)20-32-39(46)27-9-3-4-10-28(27)40(32)47)36-18-15-24(52-36)21-33-41(48)29-11-5-6-12-30(29)42(33)49/h1-21,37,44H/b31-19+. The summed E-state index contributed by atoms with van der Waals surface area (Å²) in [6.07, 6.45) is 3.09. The van der Waals surface area contributed by atoms with Crippen molar-refractivity contribution in [3.8, 4) is 0 Å². The Bertz CT molecular complexity index is 2460. The molecule has 9 rings (SSSR count). The van der Waals surface area contributed by atoms with E-state index in [1.165, 1.54) is 23.1 Å². The third-order valence-electron chi connectivity index (χ3n) is 9.24.